The second-order valence-corrected chi connectivity index (χ2v) is 19.4. The molecule has 1 saturated carbocycles. The average molecular weight is 1020 g/mol. The summed E-state index contributed by atoms with van der Waals surface area (Å²) in [5.74, 6) is -1.39. The van der Waals surface area contributed by atoms with Crippen LogP contribution in [0.4, 0.5) is 0 Å². The lowest BCUT2D eigenvalue weighted by Crippen LogP contribution is -2.64. The number of hydrogen-bond donors (Lipinski definition) is 9. The number of allylic oxidation sites excluding steroid dienone is 10. The van der Waals surface area contributed by atoms with E-state index in [0.717, 1.165) is 44.9 Å². The van der Waals surface area contributed by atoms with E-state index in [1.54, 1.807) is 54.7 Å². The standard InChI is InChI=1S/C49H82O18P2/c1-3-5-7-8-9-10-11-12-13-14-15-16-17-21-29-35-42(52)63-37-41(38-64-69(61,62)67-49-46(56)44(54)45(55)48(47(49)57)66-68(58,59)60)65-43(53)36-30-22-19-18-20-26-32-40(51)34-28-24-23-27-33-39(50)31-25-6-4-2/h6,12-13,19-20,22-28,33-34,39-41,44-51,54-57H,3-5,7-11,14-18,21,29-32,35-38H2,1-2H3,(H,61,62)(H2,58,59,60)/b13-12-,22-19-,24-23-,25-6-,26-20-,33-27+,34-28+/t39-,40+,41+,44?,45?,46?,47?,48+,49-/m0/s1. The number of ether oxygens (including phenoxy) is 2. The van der Waals surface area contributed by atoms with Gasteiger partial charge in [0.1, 0.15) is 43.2 Å². The molecule has 0 saturated heterocycles. The Morgan fingerprint density at radius 3 is 1.65 bits per heavy atom. The lowest BCUT2D eigenvalue weighted by Gasteiger charge is -2.43. The fourth-order valence-electron chi connectivity index (χ4n) is 6.81. The van der Waals surface area contributed by atoms with Gasteiger partial charge in [-0.1, -0.05) is 150 Å². The molecule has 5 unspecified atom stereocenters. The molecule has 396 valence electrons. The molecule has 0 amide bonds. The smallest absolute Gasteiger partial charge is 0.462 e. The van der Waals surface area contributed by atoms with Gasteiger partial charge in [-0.15, -0.1) is 0 Å². The lowest BCUT2D eigenvalue weighted by molar-refractivity contribution is -0.216. The van der Waals surface area contributed by atoms with Gasteiger partial charge in [0.05, 0.1) is 18.8 Å². The average Bonchev–Trinajstić information content (AvgIpc) is 3.30. The number of phosphoric acid groups is 2. The third-order valence-electron chi connectivity index (χ3n) is 10.6. The molecule has 20 heteroatoms. The van der Waals surface area contributed by atoms with Crippen LogP contribution in [0.15, 0.2) is 85.1 Å². The van der Waals surface area contributed by atoms with Crippen molar-refractivity contribution in [3.8, 4) is 0 Å². The Labute approximate surface area is 409 Å². The molecule has 10 atom stereocenters. The number of carbonyl (C=O) groups excluding carboxylic acids is 2. The van der Waals surface area contributed by atoms with Crippen LogP contribution in [0.3, 0.4) is 0 Å². The Hall–Kier alpha value is -2.90. The summed E-state index contributed by atoms with van der Waals surface area (Å²) >= 11 is 0. The summed E-state index contributed by atoms with van der Waals surface area (Å²) in [6, 6.07) is 0. The molecule has 69 heavy (non-hydrogen) atoms. The summed E-state index contributed by atoms with van der Waals surface area (Å²) in [5, 5.41) is 61.3. The van der Waals surface area contributed by atoms with E-state index >= 15 is 0 Å². The van der Waals surface area contributed by atoms with Crippen molar-refractivity contribution >= 4 is 27.6 Å². The number of rotatable bonds is 39. The van der Waals surface area contributed by atoms with Crippen LogP contribution in [0.5, 0.6) is 0 Å². The van der Waals surface area contributed by atoms with E-state index in [1.165, 1.54) is 38.5 Å². The highest BCUT2D eigenvalue weighted by Gasteiger charge is 2.54. The van der Waals surface area contributed by atoms with E-state index in [1.807, 2.05) is 25.2 Å². The minimum absolute atomic E-state index is 0.0685. The maximum Gasteiger partial charge on any atom is 0.472 e. The molecule has 1 rings (SSSR count). The molecular weight excluding hydrogens is 938 g/mol. The van der Waals surface area contributed by atoms with E-state index < -0.39 is 95.7 Å². The Morgan fingerprint density at radius 1 is 0.551 bits per heavy atom. The van der Waals surface area contributed by atoms with Crippen molar-refractivity contribution in [3.63, 3.8) is 0 Å². The van der Waals surface area contributed by atoms with Gasteiger partial charge in [-0.3, -0.25) is 23.2 Å². The normalized spacial score (nSPS) is 22.8. The number of aliphatic hydroxyl groups is 6. The van der Waals surface area contributed by atoms with Gasteiger partial charge in [-0.25, -0.2) is 9.13 Å². The number of unbranched alkanes of at least 4 members (excludes halogenated alkanes) is 11. The predicted molar refractivity (Wildman–Crippen MR) is 262 cm³/mol. The number of hydrogen-bond acceptors (Lipinski definition) is 15. The summed E-state index contributed by atoms with van der Waals surface area (Å²) in [4.78, 5) is 54.3. The summed E-state index contributed by atoms with van der Waals surface area (Å²) < 4.78 is 49.2. The zero-order valence-corrected chi connectivity index (χ0v) is 42.2. The minimum atomic E-state index is -5.39. The molecule has 0 heterocycles. The maximum absolute atomic E-state index is 13.0. The van der Waals surface area contributed by atoms with Crippen molar-refractivity contribution < 1.29 is 87.1 Å². The van der Waals surface area contributed by atoms with Gasteiger partial charge in [0.25, 0.3) is 0 Å². The summed E-state index contributed by atoms with van der Waals surface area (Å²) in [6.07, 6.45) is 26.0. The number of phosphoric ester groups is 2. The van der Waals surface area contributed by atoms with E-state index in [4.69, 9.17) is 18.5 Å². The molecule has 1 aliphatic rings. The first-order valence-corrected chi connectivity index (χ1v) is 27.4. The highest BCUT2D eigenvalue weighted by atomic mass is 31.2. The van der Waals surface area contributed by atoms with Gasteiger partial charge in [-0.05, 0) is 64.2 Å². The second-order valence-electron chi connectivity index (χ2n) is 16.8. The van der Waals surface area contributed by atoms with Crippen molar-refractivity contribution in [3.05, 3.63) is 85.1 Å². The SMILES string of the molecule is CC/C=C\C[C@H](O)/C=C/C=C\C=C\[C@H](O)C/C=C\C/C=C\CCC(=O)O[C@H](COC(=O)CCCCCCC/C=C\CCCCCCCC)COP(=O)(O)O[C@H]1C(O)C(O)C(O)[C@@H](OP(=O)(O)O)C1O. The van der Waals surface area contributed by atoms with Crippen molar-refractivity contribution in [1.82, 2.24) is 0 Å². The molecule has 9 N–H and O–H groups in total. The number of esters is 2. The number of aliphatic hydroxyl groups excluding tert-OH is 6. The van der Waals surface area contributed by atoms with E-state index in [2.05, 4.69) is 23.6 Å². The highest BCUT2D eigenvalue weighted by molar-refractivity contribution is 7.47. The molecule has 0 spiro atoms. The summed E-state index contributed by atoms with van der Waals surface area (Å²) in [6.45, 7) is 2.76. The van der Waals surface area contributed by atoms with Crippen LogP contribution in [0.25, 0.3) is 0 Å². The summed E-state index contributed by atoms with van der Waals surface area (Å²) in [5.41, 5.74) is 0. The molecule has 18 nitrogen and oxygen atoms in total. The highest BCUT2D eigenvalue weighted by Crippen LogP contribution is 2.49. The molecule has 0 aromatic carbocycles. The fourth-order valence-corrected chi connectivity index (χ4v) is 8.35. The molecule has 0 aliphatic heterocycles. The van der Waals surface area contributed by atoms with Crippen LogP contribution in [0, 0.1) is 0 Å². The zero-order chi connectivity index (χ0) is 51.3. The van der Waals surface area contributed by atoms with Gasteiger partial charge >= 0.3 is 27.6 Å². The van der Waals surface area contributed by atoms with Crippen molar-refractivity contribution in [2.24, 2.45) is 0 Å². The van der Waals surface area contributed by atoms with E-state index in [0.29, 0.717) is 25.7 Å². The molecule has 0 bridgehead atoms. The van der Waals surface area contributed by atoms with Gasteiger partial charge in [-0.2, -0.15) is 0 Å². The van der Waals surface area contributed by atoms with Gasteiger partial charge in [0.2, 0.25) is 0 Å². The van der Waals surface area contributed by atoms with Crippen LogP contribution < -0.4 is 0 Å². The Kier molecular flexibility index (Phi) is 36.0. The largest absolute Gasteiger partial charge is 0.472 e. The third-order valence-corrected chi connectivity index (χ3v) is 12.1. The maximum atomic E-state index is 13.0. The van der Waals surface area contributed by atoms with Crippen LogP contribution in [0.1, 0.15) is 142 Å². The topological polar surface area (TPSA) is 296 Å². The first-order valence-electron chi connectivity index (χ1n) is 24.3. The van der Waals surface area contributed by atoms with Crippen LogP contribution in [-0.4, -0.2) is 125 Å². The molecule has 0 aromatic heterocycles. The Morgan fingerprint density at radius 2 is 1.07 bits per heavy atom. The Balaban J connectivity index is 2.69. The zero-order valence-electron chi connectivity index (χ0n) is 40.4. The Bertz CT molecular complexity index is 1690. The van der Waals surface area contributed by atoms with Gasteiger partial charge in [0, 0.05) is 12.8 Å². The van der Waals surface area contributed by atoms with Crippen molar-refractivity contribution in [2.75, 3.05) is 13.2 Å². The third kappa shape index (κ3) is 33.4. The van der Waals surface area contributed by atoms with Gasteiger partial charge < -0.3 is 54.8 Å². The first-order chi connectivity index (χ1) is 32.9. The molecule has 0 aromatic rings. The fraction of sp³-hybridized carbons (Fsp3) is 0.673. The molecule has 1 aliphatic carbocycles. The second kappa shape index (κ2) is 38.7. The molecule has 0 radical (unpaired) electrons. The van der Waals surface area contributed by atoms with Crippen LogP contribution in [-0.2, 0) is 41.8 Å². The van der Waals surface area contributed by atoms with Crippen LogP contribution in [0.2, 0.25) is 0 Å². The van der Waals surface area contributed by atoms with E-state index in [9.17, 15) is 64.0 Å². The number of carbonyl (C=O) groups is 2. The monoisotopic (exact) mass is 1020 g/mol. The molecule has 1 fully saturated rings. The predicted octanol–water partition coefficient (Wildman–Crippen LogP) is 7.34. The first kappa shape index (κ1) is 64.1. The summed E-state index contributed by atoms with van der Waals surface area (Å²) in [7, 11) is -10.8. The minimum Gasteiger partial charge on any atom is -0.462 e. The van der Waals surface area contributed by atoms with Crippen LogP contribution >= 0.6 is 15.6 Å². The van der Waals surface area contributed by atoms with Gasteiger partial charge in [0.15, 0.2) is 6.10 Å². The molecular formula is C49H82O18P2. The quantitative estimate of drug-likeness (QED) is 0.00957. The lowest BCUT2D eigenvalue weighted by atomic mass is 9.85. The van der Waals surface area contributed by atoms with Crippen molar-refractivity contribution in [1.29, 1.82) is 0 Å². The van der Waals surface area contributed by atoms with E-state index in [-0.39, 0.29) is 19.3 Å². The van der Waals surface area contributed by atoms with Crippen molar-refractivity contribution in [2.45, 2.75) is 197 Å².